The van der Waals surface area contributed by atoms with Gasteiger partial charge in [-0.1, -0.05) is 17.8 Å². The first-order valence-electron chi connectivity index (χ1n) is 10.1. The van der Waals surface area contributed by atoms with Gasteiger partial charge < -0.3 is 14.4 Å². The number of hydrogen-bond donors (Lipinski definition) is 0. The number of ether oxygens (including phenoxy) is 2. The zero-order valence-corrected chi connectivity index (χ0v) is 18.5. The molecule has 0 atom stereocenters. The molecule has 1 fully saturated rings. The van der Waals surface area contributed by atoms with Crippen molar-refractivity contribution in [2.24, 2.45) is 0 Å². The molecule has 0 bridgehead atoms. The van der Waals surface area contributed by atoms with Crippen molar-refractivity contribution >= 4 is 17.7 Å². The van der Waals surface area contributed by atoms with E-state index < -0.39 is 11.7 Å². The number of halogens is 3. The lowest BCUT2D eigenvalue weighted by Gasteiger charge is -2.26. The SMILES string of the molecule is COc1ccc(-c2nnc(SCC(=O)N3CCOCC3)n2-c2cccc(C(F)(F)F)c2)cc1. The van der Waals surface area contributed by atoms with Crippen LogP contribution in [0, 0.1) is 0 Å². The van der Waals surface area contributed by atoms with Gasteiger partial charge in [0.25, 0.3) is 0 Å². The molecule has 7 nitrogen and oxygen atoms in total. The molecule has 2 heterocycles. The zero-order chi connectivity index (χ0) is 23.4. The lowest BCUT2D eigenvalue weighted by atomic mass is 10.1. The maximum Gasteiger partial charge on any atom is 0.416 e. The minimum absolute atomic E-state index is 0.0830. The third-order valence-electron chi connectivity index (χ3n) is 5.10. The number of hydrogen-bond acceptors (Lipinski definition) is 6. The van der Waals surface area contributed by atoms with E-state index in [1.165, 1.54) is 10.6 Å². The molecular weight excluding hydrogens is 457 g/mol. The Morgan fingerprint density at radius 1 is 1.12 bits per heavy atom. The Bertz CT molecular complexity index is 1110. The highest BCUT2D eigenvalue weighted by molar-refractivity contribution is 7.99. The van der Waals surface area contributed by atoms with E-state index in [4.69, 9.17) is 9.47 Å². The molecule has 0 spiro atoms. The second-order valence-electron chi connectivity index (χ2n) is 7.20. The van der Waals surface area contributed by atoms with Crippen LogP contribution in [0.5, 0.6) is 5.75 Å². The number of rotatable bonds is 6. The fourth-order valence-corrected chi connectivity index (χ4v) is 4.23. The molecule has 1 aromatic heterocycles. The van der Waals surface area contributed by atoms with Gasteiger partial charge in [-0.25, -0.2) is 0 Å². The first-order chi connectivity index (χ1) is 15.9. The molecule has 0 saturated carbocycles. The van der Waals surface area contributed by atoms with Crippen molar-refractivity contribution < 1.29 is 27.4 Å². The first kappa shape index (κ1) is 23.1. The van der Waals surface area contributed by atoms with Crippen molar-refractivity contribution in [2.45, 2.75) is 11.3 Å². The minimum Gasteiger partial charge on any atom is -0.497 e. The summed E-state index contributed by atoms with van der Waals surface area (Å²) in [5.41, 5.74) is 0.115. The normalized spacial score (nSPS) is 14.4. The number of aromatic nitrogens is 3. The summed E-state index contributed by atoms with van der Waals surface area (Å²) >= 11 is 1.13. The third kappa shape index (κ3) is 5.31. The summed E-state index contributed by atoms with van der Waals surface area (Å²) in [6, 6.07) is 11.9. The number of amides is 1. The van der Waals surface area contributed by atoms with Crippen LogP contribution in [-0.4, -0.2) is 64.7 Å². The molecule has 174 valence electrons. The van der Waals surface area contributed by atoms with E-state index in [1.54, 1.807) is 42.3 Å². The molecule has 1 saturated heterocycles. The van der Waals surface area contributed by atoms with Crippen molar-refractivity contribution in [1.29, 1.82) is 0 Å². The molecule has 0 N–H and O–H groups in total. The monoisotopic (exact) mass is 478 g/mol. The predicted octanol–water partition coefficient (Wildman–Crippen LogP) is 3.91. The first-order valence-corrected chi connectivity index (χ1v) is 11.1. The zero-order valence-electron chi connectivity index (χ0n) is 17.7. The van der Waals surface area contributed by atoms with E-state index in [1.807, 2.05) is 0 Å². The Hall–Kier alpha value is -3.05. The van der Waals surface area contributed by atoms with Gasteiger partial charge in [-0.05, 0) is 42.5 Å². The van der Waals surface area contributed by atoms with Crippen molar-refractivity contribution in [3.63, 3.8) is 0 Å². The van der Waals surface area contributed by atoms with Crippen LogP contribution in [0.1, 0.15) is 5.56 Å². The second-order valence-corrected chi connectivity index (χ2v) is 8.14. The van der Waals surface area contributed by atoms with E-state index >= 15 is 0 Å². The molecule has 33 heavy (non-hydrogen) atoms. The average Bonchev–Trinajstić information content (AvgIpc) is 3.26. The number of nitrogens with zero attached hydrogens (tertiary/aromatic N) is 4. The Labute approximate surface area is 192 Å². The van der Waals surface area contributed by atoms with E-state index in [0.717, 1.165) is 23.9 Å². The molecule has 0 unspecified atom stereocenters. The average molecular weight is 478 g/mol. The van der Waals surface area contributed by atoms with E-state index in [0.29, 0.717) is 48.6 Å². The van der Waals surface area contributed by atoms with Crippen molar-refractivity contribution in [3.05, 3.63) is 54.1 Å². The van der Waals surface area contributed by atoms with Crippen LogP contribution < -0.4 is 4.74 Å². The van der Waals surface area contributed by atoms with Gasteiger partial charge in [0, 0.05) is 18.7 Å². The lowest BCUT2D eigenvalue weighted by Crippen LogP contribution is -2.41. The van der Waals surface area contributed by atoms with Crippen LogP contribution in [-0.2, 0) is 15.7 Å². The third-order valence-corrected chi connectivity index (χ3v) is 6.02. The molecule has 11 heteroatoms. The standard InChI is InChI=1S/C22H21F3N4O3S/c1-31-18-7-5-15(6-8-18)20-26-27-21(33-14-19(30)28-9-11-32-12-10-28)29(20)17-4-2-3-16(13-17)22(23,24)25/h2-8,13H,9-12,14H2,1H3. The fraction of sp³-hybridized carbons (Fsp3) is 0.318. The second kappa shape index (κ2) is 9.84. The van der Waals surface area contributed by atoms with Gasteiger partial charge in [0.15, 0.2) is 11.0 Å². The summed E-state index contributed by atoms with van der Waals surface area (Å²) in [6.45, 7) is 1.99. The van der Waals surface area contributed by atoms with Crippen molar-refractivity contribution in [2.75, 3.05) is 39.2 Å². The van der Waals surface area contributed by atoms with Crippen molar-refractivity contribution in [3.8, 4) is 22.8 Å². The number of benzene rings is 2. The van der Waals surface area contributed by atoms with Crippen LogP contribution in [0.25, 0.3) is 17.1 Å². The van der Waals surface area contributed by atoms with Gasteiger partial charge in [-0.3, -0.25) is 9.36 Å². The van der Waals surface area contributed by atoms with E-state index in [-0.39, 0.29) is 17.3 Å². The highest BCUT2D eigenvalue weighted by Crippen LogP contribution is 2.33. The van der Waals surface area contributed by atoms with Gasteiger partial charge >= 0.3 is 6.18 Å². The molecule has 4 rings (SSSR count). The number of alkyl halides is 3. The summed E-state index contributed by atoms with van der Waals surface area (Å²) in [6.07, 6.45) is -4.50. The van der Waals surface area contributed by atoms with Gasteiger partial charge in [0.05, 0.1) is 37.3 Å². The maximum absolute atomic E-state index is 13.4. The summed E-state index contributed by atoms with van der Waals surface area (Å²) in [4.78, 5) is 14.3. The highest BCUT2D eigenvalue weighted by Gasteiger charge is 2.31. The number of methoxy groups -OCH3 is 1. The number of morpholine rings is 1. The summed E-state index contributed by atoms with van der Waals surface area (Å²) < 4.78 is 52.1. The van der Waals surface area contributed by atoms with Crippen LogP contribution in [0.15, 0.2) is 53.7 Å². The number of carbonyl (C=O) groups excluding carboxylic acids is 1. The van der Waals surface area contributed by atoms with Crippen LogP contribution in [0.2, 0.25) is 0 Å². The molecule has 0 aliphatic carbocycles. The summed E-state index contributed by atoms with van der Waals surface area (Å²) in [5, 5.41) is 8.74. The number of carbonyl (C=O) groups is 1. The van der Waals surface area contributed by atoms with Crippen LogP contribution in [0.4, 0.5) is 13.2 Å². The molecular formula is C22H21F3N4O3S. The smallest absolute Gasteiger partial charge is 0.416 e. The fourth-order valence-electron chi connectivity index (χ4n) is 3.37. The quantitative estimate of drug-likeness (QED) is 0.501. The summed E-state index contributed by atoms with van der Waals surface area (Å²) in [7, 11) is 1.54. The minimum atomic E-state index is -4.50. The van der Waals surface area contributed by atoms with E-state index in [2.05, 4.69) is 10.2 Å². The predicted molar refractivity (Wildman–Crippen MR) is 116 cm³/mol. The molecule has 2 aromatic carbocycles. The molecule has 1 aliphatic rings. The van der Waals surface area contributed by atoms with Gasteiger partial charge in [-0.2, -0.15) is 13.2 Å². The molecule has 1 amide bonds. The Morgan fingerprint density at radius 2 is 1.85 bits per heavy atom. The van der Waals surface area contributed by atoms with Crippen molar-refractivity contribution in [1.82, 2.24) is 19.7 Å². The molecule has 0 radical (unpaired) electrons. The Morgan fingerprint density at radius 3 is 2.52 bits per heavy atom. The van der Waals surface area contributed by atoms with Crippen LogP contribution >= 0.6 is 11.8 Å². The lowest BCUT2D eigenvalue weighted by molar-refractivity contribution is -0.137. The molecule has 1 aliphatic heterocycles. The van der Waals surface area contributed by atoms with Gasteiger partial charge in [0.1, 0.15) is 5.75 Å². The topological polar surface area (TPSA) is 69.5 Å². The number of thioether (sulfide) groups is 1. The Balaban J connectivity index is 1.69. The summed E-state index contributed by atoms with van der Waals surface area (Å²) in [5.74, 6) is 0.987. The van der Waals surface area contributed by atoms with Gasteiger partial charge in [-0.15, -0.1) is 10.2 Å². The highest BCUT2D eigenvalue weighted by atomic mass is 32.2. The maximum atomic E-state index is 13.4. The van der Waals surface area contributed by atoms with Gasteiger partial charge in [0.2, 0.25) is 5.91 Å². The molecule has 3 aromatic rings. The van der Waals surface area contributed by atoms with E-state index in [9.17, 15) is 18.0 Å². The largest absolute Gasteiger partial charge is 0.497 e. The Kier molecular flexibility index (Phi) is 6.89. The van der Waals surface area contributed by atoms with Crippen LogP contribution in [0.3, 0.4) is 0 Å².